The topological polar surface area (TPSA) is 52.6 Å². The lowest BCUT2D eigenvalue weighted by atomic mass is 10.0. The molecule has 114 valence electrons. The number of benzene rings is 1. The standard InChI is InChI=1S/C15H19ClN2O2S/c16-10-1-4-14-12(9-10)13(5-8-21-14)17-15(20)18(6-7-19)11-2-3-11/h1,4,9,11,13,19H,2-3,5-8H2,(H,17,20). The summed E-state index contributed by atoms with van der Waals surface area (Å²) < 4.78 is 0. The molecule has 0 saturated heterocycles. The van der Waals surface area contributed by atoms with Crippen LogP contribution >= 0.6 is 23.4 Å². The van der Waals surface area contributed by atoms with Crippen molar-refractivity contribution in [3.05, 3.63) is 28.8 Å². The summed E-state index contributed by atoms with van der Waals surface area (Å²) in [5, 5.41) is 12.9. The monoisotopic (exact) mass is 326 g/mol. The molecule has 1 aromatic carbocycles. The number of carbonyl (C=O) groups excluding carboxylic acids is 1. The molecule has 4 nitrogen and oxygen atoms in total. The Bertz CT molecular complexity index is 536. The summed E-state index contributed by atoms with van der Waals surface area (Å²) in [4.78, 5) is 15.4. The zero-order valence-electron chi connectivity index (χ0n) is 11.7. The summed E-state index contributed by atoms with van der Waals surface area (Å²) in [5.74, 6) is 0.989. The molecule has 21 heavy (non-hydrogen) atoms. The fourth-order valence-corrected chi connectivity index (χ4v) is 3.98. The van der Waals surface area contributed by atoms with Gasteiger partial charge >= 0.3 is 6.03 Å². The van der Waals surface area contributed by atoms with Crippen molar-refractivity contribution in [3.8, 4) is 0 Å². The number of hydrogen-bond acceptors (Lipinski definition) is 3. The Balaban J connectivity index is 1.73. The van der Waals surface area contributed by atoms with Crippen molar-refractivity contribution < 1.29 is 9.90 Å². The number of nitrogens with zero attached hydrogens (tertiary/aromatic N) is 1. The Morgan fingerprint density at radius 1 is 1.43 bits per heavy atom. The van der Waals surface area contributed by atoms with Gasteiger partial charge < -0.3 is 15.3 Å². The molecule has 1 atom stereocenters. The van der Waals surface area contributed by atoms with Crippen LogP contribution in [0.3, 0.4) is 0 Å². The molecule has 1 fully saturated rings. The average Bonchev–Trinajstić information content (AvgIpc) is 3.30. The molecule has 2 aliphatic rings. The molecule has 1 aliphatic heterocycles. The van der Waals surface area contributed by atoms with E-state index in [0.29, 0.717) is 17.6 Å². The van der Waals surface area contributed by atoms with Gasteiger partial charge in [0.25, 0.3) is 0 Å². The Kier molecular flexibility index (Phi) is 4.62. The number of amides is 2. The van der Waals surface area contributed by atoms with Crippen LogP contribution in [-0.2, 0) is 0 Å². The number of hydrogen-bond donors (Lipinski definition) is 2. The van der Waals surface area contributed by atoms with Gasteiger partial charge in [-0.15, -0.1) is 11.8 Å². The lowest BCUT2D eigenvalue weighted by Crippen LogP contribution is -2.44. The molecule has 0 aromatic heterocycles. The summed E-state index contributed by atoms with van der Waals surface area (Å²) in [6.07, 6.45) is 2.98. The van der Waals surface area contributed by atoms with Gasteiger partial charge in [-0.2, -0.15) is 0 Å². The molecule has 0 spiro atoms. The third kappa shape index (κ3) is 3.47. The van der Waals surface area contributed by atoms with Gasteiger partial charge in [0.1, 0.15) is 0 Å². The summed E-state index contributed by atoms with van der Waals surface area (Å²) in [6, 6.07) is 6.09. The highest BCUT2D eigenvalue weighted by molar-refractivity contribution is 7.99. The largest absolute Gasteiger partial charge is 0.395 e. The van der Waals surface area contributed by atoms with Crippen molar-refractivity contribution in [2.75, 3.05) is 18.9 Å². The number of fused-ring (bicyclic) bond motifs is 1. The molecule has 1 heterocycles. The number of nitrogens with one attached hydrogen (secondary N) is 1. The highest BCUT2D eigenvalue weighted by Gasteiger charge is 2.33. The summed E-state index contributed by atoms with van der Waals surface area (Å²) in [5.41, 5.74) is 1.10. The third-order valence-electron chi connectivity index (χ3n) is 3.90. The third-order valence-corrected chi connectivity index (χ3v) is 5.26. The van der Waals surface area contributed by atoms with Crippen LogP contribution in [0.25, 0.3) is 0 Å². The van der Waals surface area contributed by atoms with Crippen LogP contribution in [0.1, 0.15) is 30.9 Å². The van der Waals surface area contributed by atoms with Gasteiger partial charge in [0.05, 0.1) is 12.6 Å². The van der Waals surface area contributed by atoms with Gasteiger partial charge in [-0.1, -0.05) is 11.6 Å². The Morgan fingerprint density at radius 3 is 2.95 bits per heavy atom. The first-order valence-electron chi connectivity index (χ1n) is 7.29. The van der Waals surface area contributed by atoms with Crippen LogP contribution in [0, 0.1) is 0 Å². The molecule has 2 amide bonds. The van der Waals surface area contributed by atoms with Crippen LogP contribution in [-0.4, -0.2) is 41.0 Å². The smallest absolute Gasteiger partial charge is 0.318 e. The maximum Gasteiger partial charge on any atom is 0.318 e. The van der Waals surface area contributed by atoms with E-state index < -0.39 is 0 Å². The molecule has 0 bridgehead atoms. The first-order valence-corrected chi connectivity index (χ1v) is 8.65. The molecule has 1 aromatic rings. The van der Waals surface area contributed by atoms with Crippen molar-refractivity contribution in [1.82, 2.24) is 10.2 Å². The molecule has 2 N–H and O–H groups in total. The zero-order chi connectivity index (χ0) is 14.8. The summed E-state index contributed by atoms with van der Waals surface area (Å²) >= 11 is 7.89. The molecule has 1 saturated carbocycles. The van der Waals surface area contributed by atoms with Gasteiger partial charge in [0, 0.05) is 28.3 Å². The Morgan fingerprint density at radius 2 is 2.24 bits per heavy atom. The quantitative estimate of drug-likeness (QED) is 0.894. The van der Waals surface area contributed by atoms with E-state index >= 15 is 0 Å². The number of aliphatic hydroxyl groups excluding tert-OH is 1. The molecular weight excluding hydrogens is 308 g/mol. The van der Waals surface area contributed by atoms with Gasteiger partial charge in [-0.05, 0) is 43.0 Å². The van der Waals surface area contributed by atoms with Gasteiger partial charge in [-0.25, -0.2) is 4.79 Å². The van der Waals surface area contributed by atoms with Crippen LogP contribution in [0.15, 0.2) is 23.1 Å². The van der Waals surface area contributed by atoms with E-state index in [2.05, 4.69) is 5.32 Å². The van der Waals surface area contributed by atoms with E-state index in [4.69, 9.17) is 16.7 Å². The minimum Gasteiger partial charge on any atom is -0.395 e. The minimum atomic E-state index is -0.0747. The first-order chi connectivity index (χ1) is 10.2. The van der Waals surface area contributed by atoms with Crippen molar-refractivity contribution in [2.24, 2.45) is 0 Å². The first kappa shape index (κ1) is 15.0. The van der Waals surface area contributed by atoms with Crippen LogP contribution in [0.5, 0.6) is 0 Å². The van der Waals surface area contributed by atoms with Crippen LogP contribution in [0.2, 0.25) is 5.02 Å². The molecule has 3 rings (SSSR count). The lowest BCUT2D eigenvalue weighted by molar-refractivity contribution is 0.170. The SMILES string of the molecule is O=C(NC1CCSc2ccc(Cl)cc21)N(CCO)C1CC1. The summed E-state index contributed by atoms with van der Waals surface area (Å²) in [6.45, 7) is 0.410. The predicted octanol–water partition coefficient (Wildman–Crippen LogP) is 3.04. The second kappa shape index (κ2) is 6.46. The maximum atomic E-state index is 12.4. The lowest BCUT2D eigenvalue weighted by Gasteiger charge is -2.29. The van der Waals surface area contributed by atoms with Crippen molar-refractivity contribution in [2.45, 2.75) is 36.2 Å². The maximum absolute atomic E-state index is 12.4. The van der Waals surface area contributed by atoms with Crippen molar-refractivity contribution >= 4 is 29.4 Å². The van der Waals surface area contributed by atoms with Gasteiger partial charge in [0.2, 0.25) is 0 Å². The van der Waals surface area contributed by atoms with Crippen molar-refractivity contribution in [3.63, 3.8) is 0 Å². The van der Waals surface area contributed by atoms with Gasteiger partial charge in [0.15, 0.2) is 0 Å². The number of rotatable bonds is 4. The second-order valence-electron chi connectivity index (χ2n) is 5.47. The van der Waals surface area contributed by atoms with Crippen LogP contribution in [0.4, 0.5) is 4.79 Å². The normalized spacial score (nSPS) is 20.8. The number of carbonyl (C=O) groups is 1. The number of halogens is 1. The Hall–Kier alpha value is -0.910. The predicted molar refractivity (Wildman–Crippen MR) is 84.9 cm³/mol. The van der Waals surface area contributed by atoms with E-state index in [1.807, 2.05) is 18.2 Å². The van der Waals surface area contributed by atoms with Gasteiger partial charge in [-0.3, -0.25) is 0 Å². The number of urea groups is 1. The highest BCUT2D eigenvalue weighted by atomic mass is 35.5. The zero-order valence-corrected chi connectivity index (χ0v) is 13.3. The minimum absolute atomic E-state index is 0.00680. The fraction of sp³-hybridized carbons (Fsp3) is 0.533. The fourth-order valence-electron chi connectivity index (χ4n) is 2.69. The molecular formula is C15H19ClN2O2S. The second-order valence-corrected chi connectivity index (χ2v) is 7.04. The molecule has 0 radical (unpaired) electrons. The van der Waals surface area contributed by atoms with E-state index in [9.17, 15) is 4.79 Å². The van der Waals surface area contributed by atoms with E-state index in [0.717, 1.165) is 30.6 Å². The summed E-state index contributed by atoms with van der Waals surface area (Å²) in [7, 11) is 0. The molecule has 6 heteroatoms. The van der Waals surface area contributed by atoms with Crippen LogP contribution < -0.4 is 5.32 Å². The molecule has 1 aliphatic carbocycles. The average molecular weight is 327 g/mol. The van der Waals surface area contributed by atoms with E-state index in [1.165, 1.54) is 4.90 Å². The number of aliphatic hydroxyl groups is 1. The Labute approximate surface area is 133 Å². The van der Waals surface area contributed by atoms with E-state index in [-0.39, 0.29) is 18.7 Å². The number of thioether (sulfide) groups is 1. The van der Waals surface area contributed by atoms with Crippen molar-refractivity contribution in [1.29, 1.82) is 0 Å². The van der Waals surface area contributed by atoms with E-state index in [1.54, 1.807) is 16.7 Å². The highest BCUT2D eigenvalue weighted by Crippen LogP contribution is 2.38. The molecule has 1 unspecified atom stereocenters.